The molecule has 0 aromatic rings. The molecule has 1 rings (SSSR count). The number of hydrogen-bond donors (Lipinski definition) is 0. The van der Waals surface area contributed by atoms with Gasteiger partial charge in [0, 0.05) is 10.00 Å². The summed E-state index contributed by atoms with van der Waals surface area (Å²) in [7, 11) is 0. The number of rotatable bonds is 2. The largest absolute Gasteiger partial charge is 0.461 e. The molecule has 0 aromatic heterocycles. The Morgan fingerprint density at radius 3 is 2.11 bits per heavy atom. The summed E-state index contributed by atoms with van der Waals surface area (Å²) in [5.74, 6) is -0.0612. The summed E-state index contributed by atoms with van der Waals surface area (Å²) >= 11 is 1.96. The maximum absolute atomic E-state index is 12.0. The van der Waals surface area contributed by atoms with Crippen LogP contribution in [0.1, 0.15) is 67.2 Å². The standard InChI is InChI=1S/C15H28O2S/c1-14(2,3)13(16)17-11-9-7-8-10-12(11)18-15(4,5)6/h11-12H,7-10H2,1-6H3. The van der Waals surface area contributed by atoms with E-state index in [0.717, 1.165) is 6.42 Å². The van der Waals surface area contributed by atoms with Crippen LogP contribution in [0.5, 0.6) is 0 Å². The zero-order valence-corrected chi connectivity index (χ0v) is 13.5. The zero-order valence-electron chi connectivity index (χ0n) is 12.7. The van der Waals surface area contributed by atoms with E-state index < -0.39 is 5.41 Å². The van der Waals surface area contributed by atoms with Gasteiger partial charge in [-0.15, -0.1) is 11.8 Å². The predicted octanol–water partition coefficient (Wildman–Crippen LogP) is 4.42. The van der Waals surface area contributed by atoms with Gasteiger partial charge in [0.1, 0.15) is 6.10 Å². The smallest absolute Gasteiger partial charge is 0.311 e. The molecule has 3 heteroatoms. The van der Waals surface area contributed by atoms with E-state index in [1.165, 1.54) is 19.3 Å². The van der Waals surface area contributed by atoms with E-state index in [2.05, 4.69) is 20.8 Å². The molecule has 2 unspecified atom stereocenters. The Bertz CT molecular complexity index is 286. The van der Waals surface area contributed by atoms with Gasteiger partial charge in [0.2, 0.25) is 0 Å². The summed E-state index contributed by atoms with van der Waals surface area (Å²) in [6, 6.07) is 0. The van der Waals surface area contributed by atoms with Crippen LogP contribution in [0.15, 0.2) is 0 Å². The van der Waals surface area contributed by atoms with E-state index in [1.54, 1.807) is 0 Å². The fourth-order valence-corrected chi connectivity index (χ4v) is 3.64. The van der Waals surface area contributed by atoms with Crippen LogP contribution in [0.3, 0.4) is 0 Å². The van der Waals surface area contributed by atoms with E-state index in [9.17, 15) is 4.79 Å². The highest BCUT2D eigenvalue weighted by Crippen LogP contribution is 2.38. The van der Waals surface area contributed by atoms with Gasteiger partial charge in [-0.1, -0.05) is 27.2 Å². The first-order valence-corrected chi connectivity index (χ1v) is 7.86. The zero-order chi connectivity index (χ0) is 14.0. The van der Waals surface area contributed by atoms with E-state index in [4.69, 9.17) is 4.74 Å². The van der Waals surface area contributed by atoms with Crippen molar-refractivity contribution in [3.8, 4) is 0 Å². The number of carbonyl (C=O) groups is 1. The Hall–Kier alpha value is -0.180. The molecule has 1 aliphatic rings. The van der Waals surface area contributed by atoms with Crippen LogP contribution in [-0.2, 0) is 9.53 Å². The Kier molecular flexibility index (Phi) is 5.16. The van der Waals surface area contributed by atoms with E-state index in [-0.39, 0.29) is 16.8 Å². The van der Waals surface area contributed by atoms with Crippen molar-refractivity contribution in [2.45, 2.75) is 83.3 Å². The van der Waals surface area contributed by atoms with Crippen molar-refractivity contribution in [2.75, 3.05) is 0 Å². The first kappa shape index (κ1) is 15.9. The quantitative estimate of drug-likeness (QED) is 0.696. The second-order valence-corrected chi connectivity index (χ2v) is 9.31. The minimum absolute atomic E-state index is 0.0612. The molecule has 0 heterocycles. The van der Waals surface area contributed by atoms with Gasteiger partial charge >= 0.3 is 5.97 Å². The van der Waals surface area contributed by atoms with Gasteiger partial charge in [0.05, 0.1) is 5.41 Å². The molecule has 18 heavy (non-hydrogen) atoms. The highest BCUT2D eigenvalue weighted by atomic mass is 32.2. The molecule has 0 spiro atoms. The summed E-state index contributed by atoms with van der Waals surface area (Å²) in [4.78, 5) is 12.0. The van der Waals surface area contributed by atoms with Gasteiger partial charge in [-0.3, -0.25) is 4.79 Å². The van der Waals surface area contributed by atoms with Gasteiger partial charge < -0.3 is 4.74 Å². The van der Waals surface area contributed by atoms with Crippen molar-refractivity contribution in [3.05, 3.63) is 0 Å². The fraction of sp³-hybridized carbons (Fsp3) is 0.933. The lowest BCUT2D eigenvalue weighted by Crippen LogP contribution is -2.37. The lowest BCUT2D eigenvalue weighted by Gasteiger charge is -2.36. The number of carbonyl (C=O) groups excluding carboxylic acids is 1. The average Bonchev–Trinajstić information content (AvgIpc) is 2.17. The van der Waals surface area contributed by atoms with Crippen LogP contribution in [0.25, 0.3) is 0 Å². The SMILES string of the molecule is CC(C)(C)SC1CCCCC1OC(=O)C(C)(C)C. The molecule has 106 valence electrons. The molecule has 0 N–H and O–H groups in total. The third kappa shape index (κ3) is 5.21. The molecule has 0 amide bonds. The Labute approximate surface area is 116 Å². The summed E-state index contributed by atoms with van der Waals surface area (Å²) in [5.41, 5.74) is -0.394. The van der Waals surface area contributed by atoms with Crippen molar-refractivity contribution >= 4 is 17.7 Å². The third-order valence-electron chi connectivity index (χ3n) is 3.02. The van der Waals surface area contributed by atoms with Crippen LogP contribution in [0.4, 0.5) is 0 Å². The van der Waals surface area contributed by atoms with Crippen LogP contribution in [0, 0.1) is 5.41 Å². The van der Waals surface area contributed by atoms with E-state index >= 15 is 0 Å². The minimum atomic E-state index is -0.394. The minimum Gasteiger partial charge on any atom is -0.461 e. The second-order valence-electron chi connectivity index (χ2n) is 7.25. The summed E-state index contributed by atoms with van der Waals surface area (Å²) in [6.07, 6.45) is 4.75. The number of ether oxygens (including phenoxy) is 1. The van der Waals surface area contributed by atoms with Gasteiger partial charge in [0.15, 0.2) is 0 Å². The van der Waals surface area contributed by atoms with Crippen molar-refractivity contribution in [1.82, 2.24) is 0 Å². The van der Waals surface area contributed by atoms with Crippen LogP contribution in [0.2, 0.25) is 0 Å². The molecule has 1 aliphatic carbocycles. The van der Waals surface area contributed by atoms with E-state index in [0.29, 0.717) is 5.25 Å². The topological polar surface area (TPSA) is 26.3 Å². The van der Waals surface area contributed by atoms with Crippen molar-refractivity contribution in [2.24, 2.45) is 5.41 Å². The fourth-order valence-electron chi connectivity index (χ4n) is 2.10. The van der Waals surface area contributed by atoms with Crippen molar-refractivity contribution in [3.63, 3.8) is 0 Å². The molecule has 0 aromatic carbocycles. The van der Waals surface area contributed by atoms with Crippen molar-refractivity contribution < 1.29 is 9.53 Å². The maximum Gasteiger partial charge on any atom is 0.311 e. The lowest BCUT2D eigenvalue weighted by atomic mass is 9.94. The van der Waals surface area contributed by atoms with Crippen LogP contribution >= 0.6 is 11.8 Å². The highest BCUT2D eigenvalue weighted by Gasteiger charge is 2.34. The first-order chi connectivity index (χ1) is 8.09. The van der Waals surface area contributed by atoms with Gasteiger partial charge in [-0.2, -0.15) is 0 Å². The monoisotopic (exact) mass is 272 g/mol. The molecule has 2 nitrogen and oxygen atoms in total. The van der Waals surface area contributed by atoms with Gasteiger partial charge in [0.25, 0.3) is 0 Å². The molecule has 2 atom stereocenters. The number of thioether (sulfide) groups is 1. The van der Waals surface area contributed by atoms with Gasteiger partial charge in [-0.25, -0.2) is 0 Å². The maximum atomic E-state index is 12.0. The summed E-state index contributed by atoms with van der Waals surface area (Å²) in [5, 5.41) is 0.463. The molecule has 0 saturated heterocycles. The Morgan fingerprint density at radius 2 is 1.61 bits per heavy atom. The number of hydrogen-bond acceptors (Lipinski definition) is 3. The molecular weight excluding hydrogens is 244 g/mol. The van der Waals surface area contributed by atoms with Crippen LogP contribution in [-0.4, -0.2) is 22.1 Å². The predicted molar refractivity (Wildman–Crippen MR) is 78.9 cm³/mol. The summed E-state index contributed by atoms with van der Waals surface area (Å²) in [6.45, 7) is 12.5. The first-order valence-electron chi connectivity index (χ1n) is 6.98. The highest BCUT2D eigenvalue weighted by molar-refractivity contribution is 8.01. The van der Waals surface area contributed by atoms with Crippen molar-refractivity contribution in [1.29, 1.82) is 0 Å². The summed E-state index contributed by atoms with van der Waals surface area (Å²) < 4.78 is 5.99. The normalized spacial score (nSPS) is 25.9. The second kappa shape index (κ2) is 5.85. The third-order valence-corrected chi connectivity index (χ3v) is 4.57. The molecule has 0 aliphatic heterocycles. The van der Waals surface area contributed by atoms with Crippen LogP contribution < -0.4 is 0 Å². The molecule has 0 radical (unpaired) electrons. The molecule has 0 bridgehead atoms. The Balaban J connectivity index is 2.63. The lowest BCUT2D eigenvalue weighted by molar-refractivity contribution is -0.159. The molecule has 1 fully saturated rings. The molecular formula is C15H28O2S. The van der Waals surface area contributed by atoms with E-state index in [1.807, 2.05) is 32.5 Å². The van der Waals surface area contributed by atoms with Gasteiger partial charge in [-0.05, 0) is 40.0 Å². The Morgan fingerprint density at radius 1 is 1.06 bits per heavy atom. The number of esters is 1. The average molecular weight is 272 g/mol. The molecule has 1 saturated carbocycles.